The van der Waals surface area contributed by atoms with E-state index in [0.717, 1.165) is 57.1 Å². The first-order valence-electron chi connectivity index (χ1n) is 11.3. The lowest BCUT2D eigenvalue weighted by Crippen LogP contribution is -3.13. The van der Waals surface area contributed by atoms with Crippen LogP contribution < -0.4 is 25.0 Å². The van der Waals surface area contributed by atoms with Crippen LogP contribution in [-0.4, -0.2) is 67.8 Å². The standard InChI is InChI=1S/C22H30N4O4/c27-21(12-18-22(28)24-17-4-2-1-3-16(17)23-18)26-9-7-25(8-10-26)13-15-5-6-19-20(11-15)30-14-29-19/h5-6,11,16-18,23H,1-4,7-10,12-14H2,(H,24,28)/p+2/t16-,17+,18-/m1/s1. The number of hydrogen-bond donors (Lipinski definition) is 3. The summed E-state index contributed by atoms with van der Waals surface area (Å²) >= 11 is 0. The molecule has 0 spiro atoms. The van der Waals surface area contributed by atoms with Crippen molar-refractivity contribution in [2.75, 3.05) is 33.0 Å². The summed E-state index contributed by atoms with van der Waals surface area (Å²) in [6.45, 7) is 4.56. The van der Waals surface area contributed by atoms with Crippen LogP contribution in [0.5, 0.6) is 11.5 Å². The Morgan fingerprint density at radius 1 is 1.17 bits per heavy atom. The molecule has 1 aliphatic carbocycles. The van der Waals surface area contributed by atoms with Gasteiger partial charge in [0.05, 0.1) is 38.6 Å². The fourth-order valence-corrected chi connectivity index (χ4v) is 5.31. The summed E-state index contributed by atoms with van der Waals surface area (Å²) in [6.07, 6.45) is 4.94. The zero-order valence-corrected chi connectivity index (χ0v) is 17.4. The average Bonchev–Trinajstić information content (AvgIpc) is 3.23. The molecule has 0 unspecified atom stereocenters. The molecular weight excluding hydrogens is 384 g/mol. The van der Waals surface area contributed by atoms with E-state index < -0.39 is 0 Å². The molecule has 3 heterocycles. The van der Waals surface area contributed by atoms with Crippen molar-refractivity contribution in [3.8, 4) is 11.5 Å². The van der Waals surface area contributed by atoms with E-state index in [1.54, 1.807) is 0 Å². The van der Waals surface area contributed by atoms with Gasteiger partial charge in [0.15, 0.2) is 17.5 Å². The molecule has 3 aliphatic heterocycles. The minimum Gasteiger partial charge on any atom is -0.454 e. The third kappa shape index (κ3) is 4.11. The van der Waals surface area contributed by atoms with Gasteiger partial charge in [-0.2, -0.15) is 0 Å². The number of benzene rings is 1. The summed E-state index contributed by atoms with van der Waals surface area (Å²) in [6, 6.07) is 6.59. The molecule has 5 rings (SSSR count). The Kier molecular flexibility index (Phi) is 5.52. The minimum atomic E-state index is -0.268. The zero-order valence-electron chi connectivity index (χ0n) is 17.4. The zero-order chi connectivity index (χ0) is 20.5. The normalized spacial score (nSPS) is 28.7. The van der Waals surface area contributed by atoms with E-state index in [0.29, 0.717) is 25.3 Å². The highest BCUT2D eigenvalue weighted by molar-refractivity contribution is 5.87. The molecule has 1 saturated carbocycles. The van der Waals surface area contributed by atoms with Gasteiger partial charge < -0.3 is 29.9 Å². The lowest BCUT2D eigenvalue weighted by molar-refractivity contribution is -0.917. The lowest BCUT2D eigenvalue weighted by Gasteiger charge is -2.38. The van der Waals surface area contributed by atoms with Crippen LogP contribution in [-0.2, 0) is 16.1 Å². The lowest BCUT2D eigenvalue weighted by atomic mass is 9.87. The monoisotopic (exact) mass is 416 g/mol. The number of nitrogens with zero attached hydrogens (tertiary/aromatic N) is 1. The topological polar surface area (TPSA) is 88.9 Å². The van der Waals surface area contributed by atoms with Gasteiger partial charge in [0.2, 0.25) is 12.7 Å². The van der Waals surface area contributed by atoms with Gasteiger partial charge >= 0.3 is 0 Å². The van der Waals surface area contributed by atoms with Crippen molar-refractivity contribution in [3.05, 3.63) is 23.8 Å². The molecule has 0 bridgehead atoms. The number of ether oxygens (including phenoxy) is 2. The average molecular weight is 417 g/mol. The van der Waals surface area contributed by atoms with Crippen LogP contribution in [0.1, 0.15) is 37.7 Å². The van der Waals surface area contributed by atoms with Crippen LogP contribution in [0.3, 0.4) is 0 Å². The molecule has 30 heavy (non-hydrogen) atoms. The molecule has 0 aromatic heterocycles. The first-order chi connectivity index (χ1) is 14.7. The summed E-state index contributed by atoms with van der Waals surface area (Å²) in [7, 11) is 0. The van der Waals surface area contributed by atoms with Gasteiger partial charge in [-0.15, -0.1) is 0 Å². The van der Waals surface area contributed by atoms with Gasteiger partial charge in [0.1, 0.15) is 12.6 Å². The Hall–Kier alpha value is -2.32. The summed E-state index contributed by atoms with van der Waals surface area (Å²) in [5.74, 6) is 1.79. The number of nitrogens with two attached hydrogens (primary N) is 1. The maximum atomic E-state index is 12.9. The highest BCUT2D eigenvalue weighted by atomic mass is 16.7. The fraction of sp³-hybridized carbons (Fsp3) is 0.636. The molecule has 3 fully saturated rings. The second kappa shape index (κ2) is 8.43. The first kappa shape index (κ1) is 19.6. The maximum absolute atomic E-state index is 12.9. The molecule has 3 atom stereocenters. The largest absolute Gasteiger partial charge is 0.454 e. The fourth-order valence-electron chi connectivity index (χ4n) is 5.31. The van der Waals surface area contributed by atoms with Gasteiger partial charge in [-0.1, -0.05) is 6.42 Å². The van der Waals surface area contributed by atoms with Crippen molar-refractivity contribution in [3.63, 3.8) is 0 Å². The van der Waals surface area contributed by atoms with Crippen LogP contribution in [0.4, 0.5) is 0 Å². The van der Waals surface area contributed by atoms with Crippen molar-refractivity contribution in [2.45, 2.75) is 56.8 Å². The smallest absolute Gasteiger partial charge is 0.279 e. The Balaban J connectivity index is 1.10. The van der Waals surface area contributed by atoms with E-state index in [1.807, 2.05) is 11.0 Å². The highest BCUT2D eigenvalue weighted by Crippen LogP contribution is 2.32. The summed E-state index contributed by atoms with van der Waals surface area (Å²) in [5, 5.41) is 5.33. The predicted molar refractivity (Wildman–Crippen MR) is 108 cm³/mol. The Morgan fingerprint density at radius 3 is 2.83 bits per heavy atom. The van der Waals surface area contributed by atoms with Gasteiger partial charge in [-0.25, -0.2) is 0 Å². The number of quaternary nitrogens is 2. The second-order valence-electron chi connectivity index (χ2n) is 9.06. The van der Waals surface area contributed by atoms with Gasteiger partial charge in [-0.05, 0) is 31.0 Å². The van der Waals surface area contributed by atoms with Crippen molar-refractivity contribution in [1.82, 2.24) is 10.2 Å². The van der Waals surface area contributed by atoms with Gasteiger partial charge in [0, 0.05) is 12.0 Å². The SMILES string of the molecule is O=C1N[C@H]2CCCC[C@H]2[NH2+][C@@H]1CC(=O)N1CC[NH+](Cc2ccc3c(c2)OCO3)CC1. The summed E-state index contributed by atoms with van der Waals surface area (Å²) < 4.78 is 10.8. The molecule has 2 amide bonds. The third-order valence-electron chi connectivity index (χ3n) is 7.07. The van der Waals surface area contributed by atoms with Crippen molar-refractivity contribution in [1.29, 1.82) is 0 Å². The molecule has 0 radical (unpaired) electrons. The number of amides is 2. The molecule has 4 aliphatic rings. The number of piperazine rings is 2. The van der Waals surface area contributed by atoms with E-state index in [-0.39, 0.29) is 17.9 Å². The third-order valence-corrected chi connectivity index (χ3v) is 7.07. The van der Waals surface area contributed by atoms with Gasteiger partial charge in [-0.3, -0.25) is 9.59 Å². The summed E-state index contributed by atoms with van der Waals surface area (Å²) in [4.78, 5) is 28.7. The number of carbonyl (C=O) groups is 2. The van der Waals surface area contributed by atoms with E-state index in [2.05, 4.69) is 22.8 Å². The van der Waals surface area contributed by atoms with Crippen molar-refractivity contribution in [2.24, 2.45) is 0 Å². The van der Waals surface area contributed by atoms with E-state index >= 15 is 0 Å². The van der Waals surface area contributed by atoms with Crippen LogP contribution in [0.25, 0.3) is 0 Å². The summed E-state index contributed by atoms with van der Waals surface area (Å²) in [5.41, 5.74) is 1.23. The molecule has 8 heteroatoms. The molecule has 8 nitrogen and oxygen atoms in total. The number of rotatable bonds is 4. The molecule has 1 aromatic rings. The molecule has 2 saturated heterocycles. The Labute approximate surface area is 176 Å². The van der Waals surface area contributed by atoms with Gasteiger partial charge in [0.25, 0.3) is 5.91 Å². The number of hydrogen-bond acceptors (Lipinski definition) is 4. The molecule has 162 valence electrons. The van der Waals surface area contributed by atoms with Crippen LogP contribution in [0.15, 0.2) is 18.2 Å². The quantitative estimate of drug-likeness (QED) is 0.552. The molecular formula is C22H32N4O4+2. The molecule has 1 aromatic carbocycles. The van der Waals surface area contributed by atoms with Crippen molar-refractivity contribution < 1.29 is 29.3 Å². The Morgan fingerprint density at radius 2 is 1.97 bits per heavy atom. The number of nitrogens with one attached hydrogen (secondary N) is 2. The first-order valence-corrected chi connectivity index (χ1v) is 11.3. The number of fused-ring (bicyclic) bond motifs is 2. The second-order valence-corrected chi connectivity index (χ2v) is 9.06. The maximum Gasteiger partial charge on any atom is 0.279 e. The van der Waals surface area contributed by atoms with E-state index in [1.165, 1.54) is 23.3 Å². The number of carbonyl (C=O) groups excluding carboxylic acids is 2. The predicted octanol–water partition coefficient (Wildman–Crippen LogP) is -1.59. The van der Waals surface area contributed by atoms with E-state index in [9.17, 15) is 9.59 Å². The van der Waals surface area contributed by atoms with Crippen LogP contribution in [0.2, 0.25) is 0 Å². The Bertz CT molecular complexity index is 808. The van der Waals surface area contributed by atoms with Crippen molar-refractivity contribution >= 4 is 11.8 Å². The highest BCUT2D eigenvalue weighted by Gasteiger charge is 2.41. The van der Waals surface area contributed by atoms with Crippen LogP contribution >= 0.6 is 0 Å². The van der Waals surface area contributed by atoms with E-state index in [4.69, 9.17) is 9.47 Å². The van der Waals surface area contributed by atoms with Crippen LogP contribution in [0, 0.1) is 0 Å². The minimum absolute atomic E-state index is 0.0403. The molecule has 4 N–H and O–H groups in total.